The van der Waals surface area contributed by atoms with E-state index in [1.54, 1.807) is 26.1 Å². The lowest BCUT2D eigenvalue weighted by molar-refractivity contribution is 0.112. The normalized spacial score (nSPS) is 19.6. The van der Waals surface area contributed by atoms with E-state index >= 15 is 0 Å². The van der Waals surface area contributed by atoms with Gasteiger partial charge in [0.15, 0.2) is 0 Å². The van der Waals surface area contributed by atoms with Gasteiger partial charge in [0.25, 0.3) is 0 Å². The lowest BCUT2D eigenvalue weighted by Crippen LogP contribution is -2.32. The van der Waals surface area contributed by atoms with Crippen LogP contribution in [0.2, 0.25) is 10.0 Å². The molecule has 0 aliphatic carbocycles. The molecule has 2 rings (SSSR count). The standard InChI is InChI=1S/C12H14Cl2N2O/c1-12(2,17)9-6-15-11(16-9)7-4-3-5-8(13)10(7)14/h3-6,11,15-17H,1-2H3. The monoisotopic (exact) mass is 272 g/mol. The average Bonchev–Trinajstić information content (AvgIpc) is 2.70. The highest BCUT2D eigenvalue weighted by molar-refractivity contribution is 6.42. The molecule has 1 aromatic rings. The Hall–Kier alpha value is -0.900. The second-order valence-corrected chi connectivity index (χ2v) is 5.29. The molecule has 0 aromatic heterocycles. The Bertz CT molecular complexity index is 466. The molecular weight excluding hydrogens is 259 g/mol. The number of hydrogen-bond acceptors (Lipinski definition) is 3. The van der Waals surface area contributed by atoms with Gasteiger partial charge < -0.3 is 15.7 Å². The van der Waals surface area contributed by atoms with Crippen molar-refractivity contribution in [2.45, 2.75) is 25.6 Å². The maximum Gasteiger partial charge on any atom is 0.124 e. The molecule has 0 spiro atoms. The number of hydrogen-bond donors (Lipinski definition) is 3. The van der Waals surface area contributed by atoms with Crippen molar-refractivity contribution in [3.63, 3.8) is 0 Å². The molecule has 1 heterocycles. The van der Waals surface area contributed by atoms with E-state index in [2.05, 4.69) is 10.6 Å². The number of benzene rings is 1. The van der Waals surface area contributed by atoms with Crippen molar-refractivity contribution in [2.24, 2.45) is 0 Å². The van der Waals surface area contributed by atoms with Crippen molar-refractivity contribution in [1.29, 1.82) is 0 Å². The van der Waals surface area contributed by atoms with Gasteiger partial charge in [-0.05, 0) is 19.9 Å². The highest BCUT2D eigenvalue weighted by Gasteiger charge is 2.28. The van der Waals surface area contributed by atoms with Crippen molar-refractivity contribution in [3.05, 3.63) is 45.7 Å². The van der Waals surface area contributed by atoms with E-state index in [0.29, 0.717) is 10.0 Å². The molecule has 17 heavy (non-hydrogen) atoms. The molecule has 1 aliphatic rings. The van der Waals surface area contributed by atoms with Gasteiger partial charge in [-0.15, -0.1) is 0 Å². The van der Waals surface area contributed by atoms with Crippen LogP contribution in [0.1, 0.15) is 25.6 Å². The summed E-state index contributed by atoms with van der Waals surface area (Å²) in [6.45, 7) is 3.44. The highest BCUT2D eigenvalue weighted by Crippen LogP contribution is 2.31. The van der Waals surface area contributed by atoms with E-state index in [1.165, 1.54) is 0 Å². The summed E-state index contributed by atoms with van der Waals surface area (Å²) in [6, 6.07) is 5.47. The van der Waals surface area contributed by atoms with E-state index < -0.39 is 5.60 Å². The molecule has 1 atom stereocenters. The summed E-state index contributed by atoms with van der Waals surface area (Å²) < 4.78 is 0. The average molecular weight is 273 g/mol. The van der Waals surface area contributed by atoms with Crippen molar-refractivity contribution >= 4 is 23.2 Å². The van der Waals surface area contributed by atoms with Crippen LogP contribution in [0.5, 0.6) is 0 Å². The van der Waals surface area contributed by atoms with Crippen molar-refractivity contribution in [2.75, 3.05) is 0 Å². The van der Waals surface area contributed by atoms with Gasteiger partial charge in [-0.3, -0.25) is 0 Å². The zero-order chi connectivity index (χ0) is 12.6. The second kappa shape index (κ2) is 4.41. The minimum atomic E-state index is -0.910. The Labute approximate surface area is 110 Å². The molecule has 0 bridgehead atoms. The van der Waals surface area contributed by atoms with Gasteiger partial charge in [-0.1, -0.05) is 35.3 Å². The molecular formula is C12H14Cl2N2O. The molecule has 1 aliphatic heterocycles. The first kappa shape index (κ1) is 12.6. The highest BCUT2D eigenvalue weighted by atomic mass is 35.5. The van der Waals surface area contributed by atoms with Crippen LogP contribution in [0.25, 0.3) is 0 Å². The summed E-state index contributed by atoms with van der Waals surface area (Å²) in [7, 11) is 0. The number of halogens is 2. The summed E-state index contributed by atoms with van der Waals surface area (Å²) in [6.07, 6.45) is 1.59. The Morgan fingerprint density at radius 2 is 2.00 bits per heavy atom. The maximum atomic E-state index is 9.88. The first-order valence-corrected chi connectivity index (χ1v) is 6.04. The molecule has 92 valence electrons. The van der Waals surface area contributed by atoms with Gasteiger partial charge >= 0.3 is 0 Å². The summed E-state index contributed by atoms with van der Waals surface area (Å²) >= 11 is 12.1. The van der Waals surface area contributed by atoms with E-state index in [1.807, 2.05) is 12.1 Å². The van der Waals surface area contributed by atoms with Gasteiger partial charge in [0.2, 0.25) is 0 Å². The van der Waals surface area contributed by atoms with E-state index in [0.717, 1.165) is 11.3 Å². The van der Waals surface area contributed by atoms with Crippen LogP contribution in [0, 0.1) is 0 Å². The summed E-state index contributed by atoms with van der Waals surface area (Å²) in [5.74, 6) is 0. The molecule has 0 saturated carbocycles. The van der Waals surface area contributed by atoms with Crippen molar-refractivity contribution in [3.8, 4) is 0 Å². The molecule has 1 aromatic carbocycles. The zero-order valence-electron chi connectivity index (χ0n) is 9.59. The Morgan fingerprint density at radius 1 is 1.29 bits per heavy atom. The fraction of sp³-hybridized carbons (Fsp3) is 0.333. The first-order chi connectivity index (χ1) is 7.89. The topological polar surface area (TPSA) is 44.3 Å². The fourth-order valence-electron chi connectivity index (χ4n) is 1.67. The fourth-order valence-corrected chi connectivity index (χ4v) is 2.09. The molecule has 0 amide bonds. The molecule has 5 heteroatoms. The van der Waals surface area contributed by atoms with Crippen molar-refractivity contribution < 1.29 is 5.11 Å². The maximum absolute atomic E-state index is 9.88. The van der Waals surface area contributed by atoms with Crippen LogP contribution < -0.4 is 10.6 Å². The Kier molecular flexibility index (Phi) is 3.25. The molecule has 0 saturated heterocycles. The Balaban J connectivity index is 2.21. The molecule has 0 radical (unpaired) electrons. The predicted molar refractivity (Wildman–Crippen MR) is 69.9 cm³/mol. The predicted octanol–water partition coefficient (Wildman–Crippen LogP) is 2.80. The van der Waals surface area contributed by atoms with Crippen LogP contribution in [-0.2, 0) is 0 Å². The largest absolute Gasteiger partial charge is 0.384 e. The Morgan fingerprint density at radius 3 is 2.59 bits per heavy atom. The van der Waals surface area contributed by atoms with Crippen LogP contribution in [0.15, 0.2) is 30.1 Å². The van der Waals surface area contributed by atoms with Crippen LogP contribution in [-0.4, -0.2) is 10.7 Å². The quantitative estimate of drug-likeness (QED) is 0.776. The SMILES string of the molecule is CC(C)(O)C1=CNC(c2cccc(Cl)c2Cl)N1. The zero-order valence-corrected chi connectivity index (χ0v) is 11.1. The number of aliphatic hydroxyl groups is 1. The molecule has 1 unspecified atom stereocenters. The van der Waals surface area contributed by atoms with Gasteiger partial charge in [0.1, 0.15) is 6.17 Å². The third kappa shape index (κ3) is 2.51. The summed E-state index contributed by atoms with van der Waals surface area (Å²) in [5.41, 5.74) is 0.667. The van der Waals surface area contributed by atoms with E-state index in [9.17, 15) is 5.11 Å². The van der Waals surface area contributed by atoms with Gasteiger partial charge in [0.05, 0.1) is 21.3 Å². The number of rotatable bonds is 2. The first-order valence-electron chi connectivity index (χ1n) is 5.29. The third-order valence-corrected chi connectivity index (χ3v) is 3.48. The van der Waals surface area contributed by atoms with Gasteiger partial charge in [0, 0.05) is 11.8 Å². The molecule has 0 fully saturated rings. The van der Waals surface area contributed by atoms with Crippen LogP contribution in [0.4, 0.5) is 0 Å². The van der Waals surface area contributed by atoms with Gasteiger partial charge in [-0.2, -0.15) is 0 Å². The number of nitrogens with one attached hydrogen (secondary N) is 2. The lowest BCUT2D eigenvalue weighted by atomic mass is 10.1. The molecule has 3 nitrogen and oxygen atoms in total. The third-order valence-electron chi connectivity index (χ3n) is 2.65. The smallest absolute Gasteiger partial charge is 0.124 e. The van der Waals surface area contributed by atoms with E-state index in [4.69, 9.17) is 23.2 Å². The van der Waals surface area contributed by atoms with E-state index in [-0.39, 0.29) is 6.17 Å². The molecule has 3 N–H and O–H groups in total. The van der Waals surface area contributed by atoms with Crippen molar-refractivity contribution in [1.82, 2.24) is 10.6 Å². The minimum absolute atomic E-state index is 0.164. The summed E-state index contributed by atoms with van der Waals surface area (Å²) in [4.78, 5) is 0. The van der Waals surface area contributed by atoms with Gasteiger partial charge in [-0.25, -0.2) is 0 Å². The second-order valence-electron chi connectivity index (χ2n) is 4.50. The van der Waals surface area contributed by atoms with Crippen LogP contribution in [0.3, 0.4) is 0 Å². The lowest BCUT2D eigenvalue weighted by Gasteiger charge is -2.22. The summed E-state index contributed by atoms with van der Waals surface area (Å²) in [5, 5.41) is 17.2. The van der Waals surface area contributed by atoms with Crippen LogP contribution >= 0.6 is 23.2 Å². The minimum Gasteiger partial charge on any atom is -0.384 e.